The van der Waals surface area contributed by atoms with Gasteiger partial charge in [0.15, 0.2) is 0 Å². The quantitative estimate of drug-likeness (QED) is 0.780. The van der Waals surface area contributed by atoms with E-state index in [1.807, 2.05) is 27.7 Å². The summed E-state index contributed by atoms with van der Waals surface area (Å²) in [6.45, 7) is 12.1. The van der Waals surface area contributed by atoms with Crippen LogP contribution in [0.15, 0.2) is 0 Å². The van der Waals surface area contributed by atoms with Crippen molar-refractivity contribution in [3.05, 3.63) is 0 Å². The number of carbonyl (C=O) groups excluding carboxylic acids is 2. The number of amides is 3. The molecule has 2 saturated heterocycles. The van der Waals surface area contributed by atoms with E-state index >= 15 is 0 Å². The van der Waals surface area contributed by atoms with E-state index in [4.69, 9.17) is 0 Å². The van der Waals surface area contributed by atoms with Gasteiger partial charge in [0, 0.05) is 26.2 Å². The Morgan fingerprint density at radius 2 is 1.57 bits per heavy atom. The smallest absolute Gasteiger partial charge is 0.323 e. The van der Waals surface area contributed by atoms with E-state index in [-0.39, 0.29) is 23.8 Å². The first-order valence-corrected chi connectivity index (χ1v) is 7.84. The van der Waals surface area contributed by atoms with E-state index in [0.717, 1.165) is 26.2 Å². The summed E-state index contributed by atoms with van der Waals surface area (Å²) >= 11 is 0. The van der Waals surface area contributed by atoms with Gasteiger partial charge in [-0.25, -0.2) is 9.69 Å². The molecule has 2 aliphatic heterocycles. The average Bonchev–Trinajstić information content (AvgIpc) is 2.66. The molecule has 0 spiro atoms. The van der Waals surface area contributed by atoms with E-state index in [0.29, 0.717) is 6.67 Å². The maximum Gasteiger partial charge on any atom is 0.326 e. The molecule has 2 fully saturated rings. The Kier molecular flexibility index (Phi) is 4.58. The normalized spacial score (nSPS) is 24.2. The number of nitrogens with one attached hydrogen (secondary N) is 1. The monoisotopic (exact) mass is 296 g/mol. The topological polar surface area (TPSA) is 55.9 Å². The summed E-state index contributed by atoms with van der Waals surface area (Å²) in [5, 5.41) is 2.96. The van der Waals surface area contributed by atoms with E-state index in [1.54, 1.807) is 0 Å². The number of carbonyl (C=O) groups is 2. The molecular weight excluding hydrogens is 268 g/mol. The number of imide groups is 1. The zero-order chi connectivity index (χ0) is 15.8. The number of urea groups is 1. The van der Waals surface area contributed by atoms with E-state index in [2.05, 4.69) is 22.2 Å². The van der Waals surface area contributed by atoms with Crippen molar-refractivity contribution in [1.82, 2.24) is 20.0 Å². The lowest BCUT2D eigenvalue weighted by atomic mass is 9.77. The summed E-state index contributed by atoms with van der Waals surface area (Å²) in [6.07, 6.45) is 0. The highest BCUT2D eigenvalue weighted by Gasteiger charge is 2.55. The molecule has 6 nitrogen and oxygen atoms in total. The van der Waals surface area contributed by atoms with Gasteiger partial charge in [0.1, 0.15) is 5.54 Å². The standard InChI is InChI=1S/C15H28N4O2/c1-11(2)15(12(3)4)13(20)19(14(21)16-15)10-18-8-6-17(5)7-9-18/h11-12H,6-10H2,1-5H3,(H,16,21). The molecule has 2 rings (SSSR count). The minimum absolute atomic E-state index is 0.0728. The Bertz CT molecular complexity index is 406. The van der Waals surface area contributed by atoms with Crippen molar-refractivity contribution in [3.63, 3.8) is 0 Å². The lowest BCUT2D eigenvalue weighted by Gasteiger charge is -2.36. The highest BCUT2D eigenvalue weighted by Crippen LogP contribution is 2.33. The molecule has 21 heavy (non-hydrogen) atoms. The molecule has 0 saturated carbocycles. The van der Waals surface area contributed by atoms with Crippen LogP contribution in [-0.2, 0) is 4.79 Å². The van der Waals surface area contributed by atoms with E-state index in [9.17, 15) is 9.59 Å². The maximum atomic E-state index is 12.9. The minimum atomic E-state index is -0.760. The first-order valence-electron chi connectivity index (χ1n) is 7.84. The van der Waals surface area contributed by atoms with Crippen LogP contribution in [0.3, 0.4) is 0 Å². The molecule has 1 N–H and O–H groups in total. The number of piperazine rings is 1. The minimum Gasteiger partial charge on any atom is -0.323 e. The van der Waals surface area contributed by atoms with Crippen LogP contribution >= 0.6 is 0 Å². The van der Waals surface area contributed by atoms with Gasteiger partial charge in [-0.15, -0.1) is 0 Å². The largest absolute Gasteiger partial charge is 0.326 e. The first-order chi connectivity index (χ1) is 9.79. The van der Waals surface area contributed by atoms with Crippen molar-refractivity contribution in [1.29, 1.82) is 0 Å². The number of hydrogen-bond acceptors (Lipinski definition) is 4. The van der Waals surface area contributed by atoms with Gasteiger partial charge in [0.05, 0.1) is 6.67 Å². The van der Waals surface area contributed by atoms with Gasteiger partial charge in [-0.05, 0) is 18.9 Å². The summed E-state index contributed by atoms with van der Waals surface area (Å²) in [5.74, 6) is 0.0781. The van der Waals surface area contributed by atoms with E-state index in [1.165, 1.54) is 4.90 Å². The van der Waals surface area contributed by atoms with Crippen LogP contribution in [0.1, 0.15) is 27.7 Å². The molecule has 0 aliphatic carbocycles. The molecule has 0 aromatic heterocycles. The van der Waals surface area contributed by atoms with Crippen LogP contribution in [0.2, 0.25) is 0 Å². The van der Waals surface area contributed by atoms with Crippen molar-refractivity contribution >= 4 is 11.9 Å². The van der Waals surface area contributed by atoms with Crippen LogP contribution in [0.25, 0.3) is 0 Å². The maximum absolute atomic E-state index is 12.9. The highest BCUT2D eigenvalue weighted by molar-refractivity contribution is 6.07. The van der Waals surface area contributed by atoms with Crippen LogP contribution in [0, 0.1) is 11.8 Å². The molecule has 0 unspecified atom stereocenters. The molecular formula is C15H28N4O2. The number of likely N-dealkylation sites (N-methyl/N-ethyl adjacent to an activating group) is 1. The van der Waals surface area contributed by atoms with Crippen LogP contribution in [0.5, 0.6) is 0 Å². The van der Waals surface area contributed by atoms with Gasteiger partial charge in [0.25, 0.3) is 5.91 Å². The summed E-state index contributed by atoms with van der Waals surface area (Å²) in [7, 11) is 2.09. The number of hydrogen-bond donors (Lipinski definition) is 1. The van der Waals surface area contributed by atoms with Gasteiger partial charge in [-0.3, -0.25) is 9.69 Å². The van der Waals surface area contributed by atoms with Crippen molar-refractivity contribution < 1.29 is 9.59 Å². The summed E-state index contributed by atoms with van der Waals surface area (Å²) in [4.78, 5) is 31.0. The van der Waals surface area contributed by atoms with E-state index < -0.39 is 5.54 Å². The molecule has 0 aromatic rings. The van der Waals surface area contributed by atoms with Gasteiger partial charge in [0.2, 0.25) is 0 Å². The molecule has 120 valence electrons. The molecule has 2 aliphatic rings. The van der Waals surface area contributed by atoms with Crippen LogP contribution < -0.4 is 5.32 Å². The zero-order valence-electron chi connectivity index (χ0n) is 13.8. The Hall–Kier alpha value is -1.14. The van der Waals surface area contributed by atoms with Crippen molar-refractivity contribution in [2.24, 2.45) is 11.8 Å². The second kappa shape index (κ2) is 5.93. The Morgan fingerprint density at radius 3 is 2.00 bits per heavy atom. The molecule has 0 bridgehead atoms. The van der Waals surface area contributed by atoms with Crippen molar-refractivity contribution in [3.8, 4) is 0 Å². The Balaban J connectivity index is 2.11. The fraction of sp³-hybridized carbons (Fsp3) is 0.867. The van der Waals surface area contributed by atoms with Crippen LogP contribution in [-0.4, -0.2) is 72.1 Å². The SMILES string of the molecule is CC(C)C1(C(C)C)NC(=O)N(CN2CCN(C)CC2)C1=O. The van der Waals surface area contributed by atoms with Gasteiger partial charge >= 0.3 is 6.03 Å². The zero-order valence-corrected chi connectivity index (χ0v) is 13.8. The lowest BCUT2D eigenvalue weighted by Crippen LogP contribution is -2.56. The summed E-state index contributed by atoms with van der Waals surface area (Å²) in [5.41, 5.74) is -0.760. The fourth-order valence-electron chi connectivity index (χ4n) is 3.38. The molecule has 0 atom stereocenters. The first kappa shape index (κ1) is 16.2. The Labute approximate surface area is 127 Å². The number of nitrogens with zero attached hydrogens (tertiary/aromatic N) is 3. The molecule has 6 heteroatoms. The third kappa shape index (κ3) is 2.79. The number of rotatable bonds is 4. The highest BCUT2D eigenvalue weighted by atomic mass is 16.2. The van der Waals surface area contributed by atoms with Crippen LogP contribution in [0.4, 0.5) is 4.79 Å². The predicted molar refractivity (Wildman–Crippen MR) is 81.7 cm³/mol. The fourth-order valence-corrected chi connectivity index (χ4v) is 3.38. The average molecular weight is 296 g/mol. The Morgan fingerprint density at radius 1 is 1.05 bits per heavy atom. The molecule has 0 radical (unpaired) electrons. The second-order valence-electron chi connectivity index (χ2n) is 6.90. The lowest BCUT2D eigenvalue weighted by molar-refractivity contribution is -0.136. The van der Waals surface area contributed by atoms with Gasteiger partial charge in [-0.1, -0.05) is 27.7 Å². The van der Waals surface area contributed by atoms with Gasteiger partial charge < -0.3 is 10.2 Å². The third-order valence-electron chi connectivity index (χ3n) is 4.92. The second-order valence-corrected chi connectivity index (χ2v) is 6.90. The summed E-state index contributed by atoms with van der Waals surface area (Å²) < 4.78 is 0. The van der Waals surface area contributed by atoms with Crippen molar-refractivity contribution in [2.75, 3.05) is 39.9 Å². The summed E-state index contributed by atoms with van der Waals surface area (Å²) in [6, 6.07) is -0.249. The molecule has 2 heterocycles. The van der Waals surface area contributed by atoms with Gasteiger partial charge in [-0.2, -0.15) is 0 Å². The third-order valence-corrected chi connectivity index (χ3v) is 4.92. The predicted octanol–water partition coefficient (Wildman–Crippen LogP) is 0.794. The molecule has 3 amide bonds. The molecule has 0 aromatic carbocycles. The van der Waals surface area contributed by atoms with Crippen molar-refractivity contribution in [2.45, 2.75) is 33.2 Å².